The highest BCUT2D eigenvalue weighted by molar-refractivity contribution is 5.94. The molecule has 0 aliphatic carbocycles. The molecule has 2 amide bonds. The third-order valence-electron chi connectivity index (χ3n) is 3.08. The number of nitrogens with two attached hydrogens (primary N) is 1. The summed E-state index contributed by atoms with van der Waals surface area (Å²) in [5.74, 6) is -0.140. The Balaban J connectivity index is 2.58. The molecule has 5 nitrogen and oxygen atoms in total. The normalized spacial score (nSPS) is 12.6. The molecule has 0 bridgehead atoms. The van der Waals surface area contributed by atoms with Crippen molar-refractivity contribution in [1.29, 1.82) is 0 Å². The molecule has 1 rings (SSSR count). The first-order valence-corrected chi connectivity index (χ1v) is 7.12. The second-order valence-corrected chi connectivity index (χ2v) is 6.24. The third kappa shape index (κ3) is 5.55. The number of rotatable bonds is 5. The summed E-state index contributed by atoms with van der Waals surface area (Å²) in [6, 6.07) is 7.12. The first-order chi connectivity index (χ1) is 9.74. The van der Waals surface area contributed by atoms with Gasteiger partial charge in [0.1, 0.15) is 0 Å². The quantitative estimate of drug-likeness (QED) is 0.767. The molecule has 0 radical (unpaired) electrons. The van der Waals surface area contributed by atoms with Gasteiger partial charge in [-0.05, 0) is 24.6 Å². The first-order valence-electron chi connectivity index (χ1n) is 7.12. The maximum Gasteiger partial charge on any atom is 0.251 e. The Morgan fingerprint density at radius 1 is 1.19 bits per heavy atom. The Morgan fingerprint density at radius 2 is 1.76 bits per heavy atom. The van der Waals surface area contributed by atoms with E-state index in [-0.39, 0.29) is 17.9 Å². The van der Waals surface area contributed by atoms with Crippen LogP contribution in [0.5, 0.6) is 0 Å². The molecule has 1 aromatic carbocycles. The van der Waals surface area contributed by atoms with Crippen LogP contribution in [0.25, 0.3) is 0 Å². The Labute approximate surface area is 126 Å². The minimum absolute atomic E-state index is 0.00101. The predicted molar refractivity (Wildman–Crippen MR) is 83.7 cm³/mol. The molecule has 0 heterocycles. The van der Waals surface area contributed by atoms with Crippen molar-refractivity contribution in [3.05, 3.63) is 35.4 Å². The number of hydrogen-bond acceptors (Lipinski definition) is 3. The fraction of sp³-hybridized carbons (Fsp3) is 0.500. The van der Waals surface area contributed by atoms with Crippen molar-refractivity contribution < 1.29 is 9.59 Å². The average molecular weight is 291 g/mol. The van der Waals surface area contributed by atoms with E-state index in [0.29, 0.717) is 18.7 Å². The lowest BCUT2D eigenvalue weighted by molar-refractivity contribution is -0.128. The summed E-state index contributed by atoms with van der Waals surface area (Å²) in [4.78, 5) is 23.7. The summed E-state index contributed by atoms with van der Waals surface area (Å²) in [5.41, 5.74) is 6.61. The van der Waals surface area contributed by atoms with Crippen molar-refractivity contribution in [3.8, 4) is 0 Å². The van der Waals surface area contributed by atoms with Gasteiger partial charge >= 0.3 is 0 Å². The Hall–Kier alpha value is -1.88. The number of carbonyl (C=O) groups is 2. The van der Waals surface area contributed by atoms with Gasteiger partial charge in [0, 0.05) is 30.1 Å². The summed E-state index contributed by atoms with van der Waals surface area (Å²) >= 11 is 0. The number of nitrogens with one attached hydrogen (secondary N) is 2. The molecule has 1 atom stereocenters. The smallest absolute Gasteiger partial charge is 0.251 e. The van der Waals surface area contributed by atoms with Gasteiger partial charge in [-0.25, -0.2) is 0 Å². The summed E-state index contributed by atoms with van der Waals surface area (Å²) in [6.45, 7) is 8.32. The van der Waals surface area contributed by atoms with Crippen molar-refractivity contribution in [2.24, 2.45) is 11.1 Å². The van der Waals surface area contributed by atoms with Gasteiger partial charge < -0.3 is 16.4 Å². The number of carbonyl (C=O) groups excluding carboxylic acids is 2. The van der Waals surface area contributed by atoms with Crippen molar-refractivity contribution >= 4 is 11.8 Å². The maximum atomic E-state index is 11.9. The van der Waals surface area contributed by atoms with E-state index >= 15 is 0 Å². The summed E-state index contributed by atoms with van der Waals surface area (Å²) in [6.07, 6.45) is 0. The highest BCUT2D eigenvalue weighted by Gasteiger charge is 2.20. The minimum Gasteiger partial charge on any atom is -0.352 e. The molecule has 0 aromatic heterocycles. The molecule has 4 N–H and O–H groups in total. The Bertz CT molecular complexity index is 489. The van der Waals surface area contributed by atoms with Gasteiger partial charge in [-0.2, -0.15) is 0 Å². The van der Waals surface area contributed by atoms with Crippen LogP contribution in [-0.2, 0) is 11.3 Å². The Morgan fingerprint density at radius 3 is 2.24 bits per heavy atom. The predicted octanol–water partition coefficient (Wildman–Crippen LogP) is 1.43. The number of benzene rings is 1. The topological polar surface area (TPSA) is 84.2 Å². The molecular formula is C16H25N3O2. The SMILES string of the molecule is C[C@@H](CN)NC(=O)c1ccc(CNC(=O)C(C)(C)C)cc1. The lowest BCUT2D eigenvalue weighted by Gasteiger charge is -2.17. The monoisotopic (exact) mass is 291 g/mol. The van der Waals surface area contributed by atoms with Crippen LogP contribution in [0.2, 0.25) is 0 Å². The minimum atomic E-state index is -0.405. The third-order valence-corrected chi connectivity index (χ3v) is 3.08. The van der Waals surface area contributed by atoms with Gasteiger partial charge in [-0.1, -0.05) is 32.9 Å². The zero-order valence-electron chi connectivity index (χ0n) is 13.2. The molecule has 0 fully saturated rings. The lowest BCUT2D eigenvalue weighted by Crippen LogP contribution is -2.37. The highest BCUT2D eigenvalue weighted by Crippen LogP contribution is 2.13. The van der Waals surface area contributed by atoms with E-state index in [4.69, 9.17) is 5.73 Å². The van der Waals surface area contributed by atoms with E-state index < -0.39 is 5.41 Å². The second-order valence-electron chi connectivity index (χ2n) is 6.24. The summed E-state index contributed by atoms with van der Waals surface area (Å²) in [7, 11) is 0. The molecule has 0 spiro atoms. The maximum absolute atomic E-state index is 11.9. The van der Waals surface area contributed by atoms with Gasteiger partial charge in [0.2, 0.25) is 5.91 Å². The molecule has 0 saturated carbocycles. The van der Waals surface area contributed by atoms with Crippen LogP contribution in [0, 0.1) is 5.41 Å². The van der Waals surface area contributed by atoms with Crippen LogP contribution in [0.15, 0.2) is 24.3 Å². The largest absolute Gasteiger partial charge is 0.352 e. The lowest BCUT2D eigenvalue weighted by atomic mass is 9.95. The fourth-order valence-corrected chi connectivity index (χ4v) is 1.59. The first kappa shape index (κ1) is 17.2. The fourth-order valence-electron chi connectivity index (χ4n) is 1.59. The van der Waals surface area contributed by atoms with Crippen molar-refractivity contribution in [2.45, 2.75) is 40.3 Å². The molecule has 116 valence electrons. The zero-order valence-corrected chi connectivity index (χ0v) is 13.2. The van der Waals surface area contributed by atoms with E-state index in [1.54, 1.807) is 12.1 Å². The van der Waals surface area contributed by atoms with Gasteiger partial charge in [-0.15, -0.1) is 0 Å². The molecule has 0 unspecified atom stereocenters. The molecule has 21 heavy (non-hydrogen) atoms. The molecular weight excluding hydrogens is 266 g/mol. The second kappa shape index (κ2) is 7.22. The van der Waals surface area contributed by atoms with Crippen LogP contribution in [0.4, 0.5) is 0 Å². The van der Waals surface area contributed by atoms with E-state index in [1.807, 2.05) is 39.8 Å². The van der Waals surface area contributed by atoms with Gasteiger partial charge in [0.15, 0.2) is 0 Å². The molecule has 1 aromatic rings. The molecule has 5 heteroatoms. The van der Waals surface area contributed by atoms with Crippen LogP contribution in [-0.4, -0.2) is 24.4 Å². The average Bonchev–Trinajstić information content (AvgIpc) is 2.43. The van der Waals surface area contributed by atoms with Crippen LogP contribution in [0.3, 0.4) is 0 Å². The van der Waals surface area contributed by atoms with E-state index in [2.05, 4.69) is 10.6 Å². The Kier molecular flexibility index (Phi) is 5.90. The summed E-state index contributed by atoms with van der Waals surface area (Å²) in [5, 5.41) is 5.67. The van der Waals surface area contributed by atoms with Crippen molar-refractivity contribution in [3.63, 3.8) is 0 Å². The van der Waals surface area contributed by atoms with Crippen LogP contribution >= 0.6 is 0 Å². The zero-order chi connectivity index (χ0) is 16.0. The van der Waals surface area contributed by atoms with Gasteiger partial charge in [0.05, 0.1) is 0 Å². The van der Waals surface area contributed by atoms with E-state index in [0.717, 1.165) is 5.56 Å². The molecule has 0 aliphatic rings. The number of amides is 2. The highest BCUT2D eigenvalue weighted by atomic mass is 16.2. The van der Waals surface area contributed by atoms with Crippen molar-refractivity contribution in [1.82, 2.24) is 10.6 Å². The van der Waals surface area contributed by atoms with E-state index in [1.165, 1.54) is 0 Å². The number of hydrogen-bond donors (Lipinski definition) is 3. The van der Waals surface area contributed by atoms with Crippen LogP contribution < -0.4 is 16.4 Å². The standard InChI is InChI=1S/C16H25N3O2/c1-11(9-17)19-14(20)13-7-5-12(6-8-13)10-18-15(21)16(2,3)4/h5-8,11H,9-10,17H2,1-4H3,(H,18,21)(H,19,20)/t11-/m0/s1. The molecule has 0 aliphatic heterocycles. The van der Waals surface area contributed by atoms with Crippen LogP contribution in [0.1, 0.15) is 43.6 Å². The molecule has 0 saturated heterocycles. The van der Waals surface area contributed by atoms with Gasteiger partial charge in [-0.3, -0.25) is 9.59 Å². The van der Waals surface area contributed by atoms with Crippen molar-refractivity contribution in [2.75, 3.05) is 6.54 Å². The summed E-state index contributed by atoms with van der Waals surface area (Å²) < 4.78 is 0. The van der Waals surface area contributed by atoms with E-state index in [9.17, 15) is 9.59 Å². The van der Waals surface area contributed by atoms with Gasteiger partial charge in [0.25, 0.3) is 5.91 Å².